The van der Waals surface area contributed by atoms with E-state index < -0.39 is 5.82 Å². The standard InChI is InChI=1S/C11H8ClFN6/c12-8-3-6(1-2-9(8)13)19-11-7(4-17-19)10(14)18(15)5-16-11/h1-5,14H,15H2. The van der Waals surface area contributed by atoms with Crippen molar-refractivity contribution in [3.63, 3.8) is 0 Å². The molecule has 3 aromatic rings. The van der Waals surface area contributed by atoms with E-state index in [-0.39, 0.29) is 10.5 Å². The predicted octanol–water partition coefficient (Wildman–Crippen LogP) is 1.21. The third-order valence-corrected chi connectivity index (χ3v) is 3.00. The maximum absolute atomic E-state index is 13.1. The Morgan fingerprint density at radius 1 is 1.37 bits per heavy atom. The molecule has 1 aromatic carbocycles. The lowest BCUT2D eigenvalue weighted by Gasteiger charge is -2.04. The van der Waals surface area contributed by atoms with Crippen molar-refractivity contribution in [3.05, 3.63) is 47.1 Å². The van der Waals surface area contributed by atoms with Gasteiger partial charge in [0.1, 0.15) is 12.1 Å². The molecule has 0 radical (unpaired) electrons. The van der Waals surface area contributed by atoms with Crippen molar-refractivity contribution in [2.24, 2.45) is 0 Å². The molecule has 0 saturated heterocycles. The molecule has 0 aliphatic carbocycles. The van der Waals surface area contributed by atoms with Crippen molar-refractivity contribution < 1.29 is 4.39 Å². The molecule has 6 nitrogen and oxygen atoms in total. The number of aromatic nitrogens is 4. The molecule has 0 fully saturated rings. The van der Waals surface area contributed by atoms with E-state index in [0.717, 1.165) is 4.68 Å². The molecule has 0 atom stereocenters. The van der Waals surface area contributed by atoms with Gasteiger partial charge in [-0.05, 0) is 18.2 Å². The zero-order valence-electron chi connectivity index (χ0n) is 9.51. The molecule has 0 bridgehead atoms. The fraction of sp³-hybridized carbons (Fsp3) is 0. The fourth-order valence-electron chi connectivity index (χ4n) is 1.75. The van der Waals surface area contributed by atoms with Crippen LogP contribution in [0.15, 0.2) is 30.7 Å². The number of fused-ring (bicyclic) bond motifs is 1. The summed E-state index contributed by atoms with van der Waals surface area (Å²) in [6, 6.07) is 4.22. The first-order valence-corrected chi connectivity index (χ1v) is 5.66. The molecule has 0 aliphatic heterocycles. The quantitative estimate of drug-likeness (QED) is 0.656. The van der Waals surface area contributed by atoms with E-state index in [1.807, 2.05) is 0 Å². The number of hydrogen-bond acceptors (Lipinski definition) is 4. The van der Waals surface area contributed by atoms with E-state index in [0.29, 0.717) is 16.7 Å². The first-order chi connectivity index (χ1) is 9.08. The predicted molar refractivity (Wildman–Crippen MR) is 67.8 cm³/mol. The van der Waals surface area contributed by atoms with Crippen LogP contribution in [0.4, 0.5) is 4.39 Å². The van der Waals surface area contributed by atoms with E-state index in [1.54, 1.807) is 0 Å². The maximum Gasteiger partial charge on any atom is 0.168 e. The van der Waals surface area contributed by atoms with Gasteiger partial charge in [0.25, 0.3) is 0 Å². The van der Waals surface area contributed by atoms with E-state index in [1.165, 1.54) is 35.4 Å². The van der Waals surface area contributed by atoms with E-state index in [9.17, 15) is 4.39 Å². The van der Waals surface area contributed by atoms with Gasteiger partial charge in [-0.25, -0.2) is 18.7 Å². The summed E-state index contributed by atoms with van der Waals surface area (Å²) < 4.78 is 15.7. The summed E-state index contributed by atoms with van der Waals surface area (Å²) in [5, 5.41) is 12.4. The molecule has 0 amide bonds. The summed E-state index contributed by atoms with van der Waals surface area (Å²) in [7, 11) is 0. The molecule has 2 heterocycles. The number of nitrogens with zero attached hydrogens (tertiary/aromatic N) is 4. The van der Waals surface area contributed by atoms with Gasteiger partial charge < -0.3 is 5.84 Å². The smallest absolute Gasteiger partial charge is 0.168 e. The SMILES string of the molecule is N=c1c2cnn(-c3ccc(F)c(Cl)c3)c2ncn1N. The van der Waals surface area contributed by atoms with Crippen molar-refractivity contribution in [1.29, 1.82) is 5.41 Å². The highest BCUT2D eigenvalue weighted by Gasteiger charge is 2.10. The summed E-state index contributed by atoms with van der Waals surface area (Å²) in [5.74, 6) is 5.03. The highest BCUT2D eigenvalue weighted by atomic mass is 35.5. The third kappa shape index (κ3) is 1.75. The van der Waals surface area contributed by atoms with Gasteiger partial charge in [0.15, 0.2) is 11.1 Å². The molecule has 3 N–H and O–H groups in total. The van der Waals surface area contributed by atoms with Crippen LogP contribution in [0.2, 0.25) is 5.02 Å². The minimum Gasteiger partial charge on any atom is -0.336 e. The summed E-state index contributed by atoms with van der Waals surface area (Å²) in [4.78, 5) is 4.11. The van der Waals surface area contributed by atoms with Crippen molar-refractivity contribution in [1.82, 2.24) is 19.4 Å². The topological polar surface area (TPSA) is 85.5 Å². The Hall–Kier alpha value is -2.41. The summed E-state index contributed by atoms with van der Waals surface area (Å²) in [6.45, 7) is 0. The Balaban J connectivity index is 2.29. The van der Waals surface area contributed by atoms with Crippen molar-refractivity contribution >= 4 is 22.6 Å². The molecule has 3 rings (SSSR count). The number of benzene rings is 1. The van der Waals surface area contributed by atoms with Crippen molar-refractivity contribution in [2.75, 3.05) is 5.84 Å². The lowest BCUT2D eigenvalue weighted by Crippen LogP contribution is -2.27. The van der Waals surface area contributed by atoms with Crippen LogP contribution in [-0.2, 0) is 0 Å². The van der Waals surface area contributed by atoms with Gasteiger partial charge in [-0.3, -0.25) is 5.41 Å². The first kappa shape index (κ1) is 11.7. The summed E-state index contributed by atoms with van der Waals surface area (Å²) in [6.07, 6.45) is 2.79. The second-order valence-corrected chi connectivity index (χ2v) is 4.30. The molecule has 2 aromatic heterocycles. The van der Waals surface area contributed by atoms with Crippen LogP contribution in [0.5, 0.6) is 0 Å². The second-order valence-electron chi connectivity index (χ2n) is 3.89. The van der Waals surface area contributed by atoms with Gasteiger partial charge in [0, 0.05) is 0 Å². The number of halogens is 2. The van der Waals surface area contributed by atoms with Crippen LogP contribution in [-0.4, -0.2) is 19.4 Å². The van der Waals surface area contributed by atoms with Gasteiger partial charge in [0.2, 0.25) is 0 Å². The van der Waals surface area contributed by atoms with Crippen molar-refractivity contribution in [2.45, 2.75) is 0 Å². The van der Waals surface area contributed by atoms with E-state index >= 15 is 0 Å². The molecule has 0 saturated carbocycles. The first-order valence-electron chi connectivity index (χ1n) is 5.28. The second kappa shape index (κ2) is 4.06. The van der Waals surface area contributed by atoms with Crippen LogP contribution >= 0.6 is 11.6 Å². The number of nitrogen functional groups attached to an aromatic ring is 1. The molecule has 0 spiro atoms. The van der Waals surface area contributed by atoms with E-state index in [2.05, 4.69) is 10.1 Å². The van der Waals surface area contributed by atoms with Crippen LogP contribution in [0.1, 0.15) is 0 Å². The van der Waals surface area contributed by atoms with E-state index in [4.69, 9.17) is 22.9 Å². The van der Waals surface area contributed by atoms with Crippen LogP contribution in [0, 0.1) is 11.2 Å². The molecule has 0 unspecified atom stereocenters. The maximum atomic E-state index is 13.1. The molecule has 0 aliphatic rings. The Bertz CT molecular complexity index is 837. The average Bonchev–Trinajstić information content (AvgIpc) is 2.82. The number of rotatable bonds is 1. The largest absolute Gasteiger partial charge is 0.336 e. The molecular weight excluding hydrogens is 271 g/mol. The van der Waals surface area contributed by atoms with Gasteiger partial charge in [-0.15, -0.1) is 0 Å². The highest BCUT2D eigenvalue weighted by molar-refractivity contribution is 6.30. The van der Waals surface area contributed by atoms with Gasteiger partial charge in [0.05, 0.1) is 22.3 Å². The number of nitrogens with two attached hydrogens (primary N) is 1. The lowest BCUT2D eigenvalue weighted by atomic mass is 10.3. The minimum atomic E-state index is -0.504. The molecular formula is C11H8ClFN6. The lowest BCUT2D eigenvalue weighted by molar-refractivity contribution is 0.627. The number of hydrogen-bond donors (Lipinski definition) is 2. The van der Waals surface area contributed by atoms with Crippen LogP contribution in [0.25, 0.3) is 16.7 Å². The highest BCUT2D eigenvalue weighted by Crippen LogP contribution is 2.20. The zero-order chi connectivity index (χ0) is 13.6. The molecule has 19 heavy (non-hydrogen) atoms. The van der Waals surface area contributed by atoms with Crippen LogP contribution < -0.4 is 11.3 Å². The Morgan fingerprint density at radius 3 is 2.89 bits per heavy atom. The normalized spacial score (nSPS) is 11.1. The minimum absolute atomic E-state index is 0.00272. The molecule has 8 heteroatoms. The monoisotopic (exact) mass is 278 g/mol. The summed E-state index contributed by atoms with van der Waals surface area (Å²) in [5.41, 5.74) is 1.10. The number of nitrogens with one attached hydrogen (secondary N) is 1. The summed E-state index contributed by atoms with van der Waals surface area (Å²) >= 11 is 5.74. The Morgan fingerprint density at radius 2 is 2.16 bits per heavy atom. The average molecular weight is 279 g/mol. The zero-order valence-corrected chi connectivity index (χ0v) is 10.3. The van der Waals surface area contributed by atoms with Gasteiger partial charge in [-0.1, -0.05) is 11.6 Å². The Labute approximate surface area is 111 Å². The fourth-order valence-corrected chi connectivity index (χ4v) is 1.93. The van der Waals surface area contributed by atoms with Gasteiger partial charge in [-0.2, -0.15) is 5.10 Å². The third-order valence-electron chi connectivity index (χ3n) is 2.71. The van der Waals surface area contributed by atoms with Gasteiger partial charge >= 0.3 is 0 Å². The van der Waals surface area contributed by atoms with Crippen molar-refractivity contribution in [3.8, 4) is 5.69 Å². The Kier molecular flexibility index (Phi) is 2.49. The molecule has 96 valence electrons. The van der Waals surface area contributed by atoms with Crippen LogP contribution in [0.3, 0.4) is 0 Å².